The standard InChI is InChI=1S/C16H16FNOS2/c17-12-6-4-5-11(9-12)10-14-15(19)18(16(20)21-14)13-7-2-1-3-8-13/h4-6,9-10,13H,1-3,7-8H2/b14-10+. The van der Waals surface area contributed by atoms with Crippen LogP contribution in [0, 0.1) is 5.82 Å². The molecule has 2 fully saturated rings. The van der Waals surface area contributed by atoms with E-state index in [2.05, 4.69) is 0 Å². The third kappa shape index (κ3) is 3.19. The molecule has 110 valence electrons. The van der Waals surface area contributed by atoms with E-state index in [1.54, 1.807) is 23.1 Å². The summed E-state index contributed by atoms with van der Waals surface area (Å²) in [5.74, 6) is -0.326. The van der Waals surface area contributed by atoms with Crippen molar-refractivity contribution in [3.05, 3.63) is 40.6 Å². The molecule has 0 bridgehead atoms. The second-order valence-electron chi connectivity index (χ2n) is 5.40. The molecule has 0 atom stereocenters. The molecule has 0 radical (unpaired) electrons. The number of rotatable bonds is 2. The molecular weight excluding hydrogens is 305 g/mol. The summed E-state index contributed by atoms with van der Waals surface area (Å²) in [6.07, 6.45) is 7.34. The molecule has 1 aliphatic heterocycles. The number of carbonyl (C=O) groups excluding carboxylic acids is 1. The van der Waals surface area contributed by atoms with Gasteiger partial charge in [0.1, 0.15) is 10.1 Å². The van der Waals surface area contributed by atoms with E-state index in [-0.39, 0.29) is 17.8 Å². The van der Waals surface area contributed by atoms with E-state index < -0.39 is 0 Å². The average molecular weight is 321 g/mol. The predicted octanol–water partition coefficient (Wildman–Crippen LogP) is 4.36. The monoisotopic (exact) mass is 321 g/mol. The van der Waals surface area contributed by atoms with Gasteiger partial charge < -0.3 is 0 Å². The minimum absolute atomic E-state index is 0.0267. The Morgan fingerprint density at radius 3 is 2.76 bits per heavy atom. The Morgan fingerprint density at radius 2 is 2.05 bits per heavy atom. The molecule has 0 unspecified atom stereocenters. The first-order valence-electron chi connectivity index (χ1n) is 7.18. The van der Waals surface area contributed by atoms with Crippen molar-refractivity contribution in [3.8, 4) is 0 Å². The molecule has 2 aliphatic rings. The largest absolute Gasteiger partial charge is 0.290 e. The average Bonchev–Trinajstić information content (AvgIpc) is 2.74. The van der Waals surface area contributed by atoms with E-state index in [0.29, 0.717) is 14.8 Å². The number of carbonyl (C=O) groups is 1. The number of thiocarbonyl (C=S) groups is 1. The zero-order chi connectivity index (χ0) is 14.8. The van der Waals surface area contributed by atoms with Gasteiger partial charge in [0.2, 0.25) is 0 Å². The highest BCUT2D eigenvalue weighted by Crippen LogP contribution is 2.37. The van der Waals surface area contributed by atoms with Crippen LogP contribution in [-0.2, 0) is 4.79 Å². The molecule has 1 heterocycles. The van der Waals surface area contributed by atoms with Crippen LogP contribution in [0.2, 0.25) is 0 Å². The quantitative estimate of drug-likeness (QED) is 0.596. The lowest BCUT2D eigenvalue weighted by Gasteiger charge is -2.29. The lowest BCUT2D eigenvalue weighted by Crippen LogP contribution is -2.39. The molecule has 2 nitrogen and oxygen atoms in total. The maximum Gasteiger partial charge on any atom is 0.266 e. The number of halogens is 1. The van der Waals surface area contributed by atoms with Crippen LogP contribution in [0.15, 0.2) is 29.2 Å². The van der Waals surface area contributed by atoms with Crippen molar-refractivity contribution in [2.45, 2.75) is 38.1 Å². The first-order chi connectivity index (χ1) is 10.1. The van der Waals surface area contributed by atoms with Crippen molar-refractivity contribution >= 4 is 40.3 Å². The van der Waals surface area contributed by atoms with Crippen molar-refractivity contribution in [1.82, 2.24) is 4.90 Å². The smallest absolute Gasteiger partial charge is 0.266 e. The van der Waals surface area contributed by atoms with E-state index in [1.807, 2.05) is 0 Å². The van der Waals surface area contributed by atoms with Crippen LogP contribution < -0.4 is 0 Å². The summed E-state index contributed by atoms with van der Waals surface area (Å²) < 4.78 is 13.9. The molecule has 1 saturated heterocycles. The first-order valence-corrected chi connectivity index (χ1v) is 8.40. The molecule has 1 aromatic carbocycles. The Hall–Kier alpha value is -1.20. The van der Waals surface area contributed by atoms with Gasteiger partial charge in [0.15, 0.2) is 0 Å². The van der Waals surface area contributed by atoms with Gasteiger partial charge in [-0.15, -0.1) is 0 Å². The number of hydrogen-bond donors (Lipinski definition) is 0. The number of amides is 1. The summed E-state index contributed by atoms with van der Waals surface area (Å²) in [5.41, 5.74) is 0.694. The van der Waals surface area contributed by atoms with Crippen LogP contribution in [0.4, 0.5) is 4.39 Å². The van der Waals surface area contributed by atoms with Crippen LogP contribution in [0.5, 0.6) is 0 Å². The highest BCUT2D eigenvalue weighted by Gasteiger charge is 2.37. The van der Waals surface area contributed by atoms with Gasteiger partial charge in [-0.05, 0) is 36.6 Å². The van der Waals surface area contributed by atoms with Crippen LogP contribution >= 0.6 is 24.0 Å². The van der Waals surface area contributed by atoms with Crippen LogP contribution in [-0.4, -0.2) is 21.2 Å². The van der Waals surface area contributed by atoms with Crippen molar-refractivity contribution in [3.63, 3.8) is 0 Å². The van der Waals surface area contributed by atoms with E-state index in [9.17, 15) is 9.18 Å². The summed E-state index contributed by atoms with van der Waals surface area (Å²) in [4.78, 5) is 14.9. The predicted molar refractivity (Wildman–Crippen MR) is 88.3 cm³/mol. The second kappa shape index (κ2) is 6.28. The van der Waals surface area contributed by atoms with Gasteiger partial charge in [-0.3, -0.25) is 9.69 Å². The molecule has 3 rings (SSSR count). The normalized spacial score (nSPS) is 22.3. The van der Waals surface area contributed by atoms with Crippen LogP contribution in [0.1, 0.15) is 37.7 Å². The van der Waals surface area contributed by atoms with Crippen molar-refractivity contribution < 1.29 is 9.18 Å². The number of thioether (sulfide) groups is 1. The molecule has 1 aliphatic carbocycles. The highest BCUT2D eigenvalue weighted by molar-refractivity contribution is 8.26. The Balaban J connectivity index is 1.82. The van der Waals surface area contributed by atoms with Crippen molar-refractivity contribution in [1.29, 1.82) is 0 Å². The molecule has 0 spiro atoms. The molecule has 1 amide bonds. The summed E-state index contributed by atoms with van der Waals surface area (Å²) in [6.45, 7) is 0. The maximum absolute atomic E-state index is 13.2. The molecule has 0 N–H and O–H groups in total. The Labute approximate surface area is 133 Å². The Morgan fingerprint density at radius 1 is 1.29 bits per heavy atom. The Kier molecular flexibility index (Phi) is 4.40. The van der Waals surface area contributed by atoms with Gasteiger partial charge in [0.25, 0.3) is 5.91 Å². The zero-order valence-corrected chi connectivity index (χ0v) is 13.2. The fourth-order valence-corrected chi connectivity index (χ4v) is 4.28. The fourth-order valence-electron chi connectivity index (χ4n) is 2.88. The lowest BCUT2D eigenvalue weighted by atomic mass is 9.94. The minimum atomic E-state index is -0.300. The Bertz CT molecular complexity index is 608. The third-order valence-electron chi connectivity index (χ3n) is 3.91. The van der Waals surface area contributed by atoms with Gasteiger partial charge in [-0.25, -0.2) is 4.39 Å². The lowest BCUT2D eigenvalue weighted by molar-refractivity contribution is -0.124. The van der Waals surface area contributed by atoms with Crippen LogP contribution in [0.3, 0.4) is 0 Å². The van der Waals surface area contributed by atoms with Crippen molar-refractivity contribution in [2.75, 3.05) is 0 Å². The number of hydrogen-bond acceptors (Lipinski definition) is 3. The summed E-state index contributed by atoms with van der Waals surface area (Å²) >= 11 is 6.69. The van der Waals surface area contributed by atoms with Gasteiger partial charge >= 0.3 is 0 Å². The van der Waals surface area contributed by atoms with Crippen LogP contribution in [0.25, 0.3) is 6.08 Å². The number of nitrogens with zero attached hydrogens (tertiary/aromatic N) is 1. The molecule has 1 saturated carbocycles. The molecule has 5 heteroatoms. The van der Waals surface area contributed by atoms with E-state index >= 15 is 0 Å². The third-order valence-corrected chi connectivity index (χ3v) is 5.24. The molecule has 0 aromatic heterocycles. The van der Waals surface area contributed by atoms with E-state index in [4.69, 9.17) is 12.2 Å². The molecular formula is C16H16FNOS2. The van der Waals surface area contributed by atoms with Gasteiger partial charge in [-0.2, -0.15) is 0 Å². The summed E-state index contributed by atoms with van der Waals surface area (Å²) in [5, 5.41) is 0. The fraction of sp³-hybridized carbons (Fsp3) is 0.375. The second-order valence-corrected chi connectivity index (χ2v) is 7.07. The van der Waals surface area contributed by atoms with Crippen molar-refractivity contribution in [2.24, 2.45) is 0 Å². The van der Waals surface area contributed by atoms with Gasteiger partial charge in [-0.1, -0.05) is 55.4 Å². The topological polar surface area (TPSA) is 20.3 Å². The molecule has 21 heavy (non-hydrogen) atoms. The summed E-state index contributed by atoms with van der Waals surface area (Å²) in [7, 11) is 0. The maximum atomic E-state index is 13.2. The minimum Gasteiger partial charge on any atom is -0.290 e. The first kappa shape index (κ1) is 14.7. The SMILES string of the molecule is O=C1/C(=C\c2cccc(F)c2)SC(=S)N1C1CCCCC1. The molecule has 1 aromatic rings. The summed E-state index contributed by atoms with van der Waals surface area (Å²) in [6, 6.07) is 6.49. The van der Waals surface area contributed by atoms with Gasteiger partial charge in [0.05, 0.1) is 4.91 Å². The van der Waals surface area contributed by atoms with E-state index in [0.717, 1.165) is 25.7 Å². The van der Waals surface area contributed by atoms with E-state index in [1.165, 1.54) is 30.3 Å². The zero-order valence-electron chi connectivity index (χ0n) is 11.5. The number of benzene rings is 1. The van der Waals surface area contributed by atoms with Gasteiger partial charge in [0, 0.05) is 6.04 Å². The highest BCUT2D eigenvalue weighted by atomic mass is 32.2.